The topological polar surface area (TPSA) is 227 Å². The second-order valence-electron chi connectivity index (χ2n) is 43.6. The van der Waals surface area contributed by atoms with Gasteiger partial charge in [-0.3, -0.25) is 24.0 Å². The molecule has 0 heterocycles. The predicted octanol–water partition coefficient (Wildman–Crippen LogP) is 18.8. The summed E-state index contributed by atoms with van der Waals surface area (Å²) in [5.41, 5.74) is -0.929. The number of hydrogen-bond acceptors (Lipinski definition) is 9. The quantitative estimate of drug-likeness (QED) is 0.107. The second kappa shape index (κ2) is 25.2. The monoisotopic (exact) mass is 1420 g/mol. The third kappa shape index (κ3) is 9.82. The van der Waals surface area contributed by atoms with Crippen molar-refractivity contribution in [3.05, 3.63) is 12.2 Å². The number of ketones is 2. The number of Topliss-reactive ketones (excluding diaryl/α,β-unsaturated/α-hetero) is 2. The van der Waals surface area contributed by atoms with Gasteiger partial charge in [-0.2, -0.15) is 0 Å². The molecule has 0 aromatic heterocycles. The van der Waals surface area contributed by atoms with E-state index in [1.165, 1.54) is 12.0 Å². The lowest BCUT2D eigenvalue weighted by molar-refractivity contribution is -0.255. The summed E-state index contributed by atoms with van der Waals surface area (Å²) in [4.78, 5) is 64.3. The molecule has 0 saturated heterocycles. The Hall–Kier alpha value is -2.67. The van der Waals surface area contributed by atoms with E-state index < -0.39 is 56.5 Å². The summed E-state index contributed by atoms with van der Waals surface area (Å²) in [6, 6.07) is 0. The van der Waals surface area contributed by atoms with Crippen LogP contribution in [0.25, 0.3) is 0 Å². The number of hydrogen-bond donors (Lipinski definition) is 7. The van der Waals surface area contributed by atoms with Gasteiger partial charge in [-0.25, -0.2) is 0 Å². The minimum absolute atomic E-state index is 0.0330. The van der Waals surface area contributed by atoms with Crippen LogP contribution >= 0.6 is 0 Å². The van der Waals surface area contributed by atoms with Crippen molar-refractivity contribution >= 4 is 29.5 Å². The maximum absolute atomic E-state index is 13.0. The number of carbonyl (C=O) groups excluding carboxylic acids is 2. The first kappa shape index (κ1) is 77.5. The summed E-state index contributed by atoms with van der Waals surface area (Å²) in [5, 5.41) is 73.6. The van der Waals surface area contributed by atoms with Gasteiger partial charge in [0.2, 0.25) is 0 Å². The number of carboxylic acids is 3. The molecule has 31 atom stereocenters. The maximum atomic E-state index is 13.0. The summed E-state index contributed by atoms with van der Waals surface area (Å²) in [7, 11) is 0. The molecule has 0 spiro atoms. The Bertz CT molecular complexity index is 3320. The van der Waals surface area contributed by atoms with Gasteiger partial charge in [0.15, 0.2) is 0 Å². The van der Waals surface area contributed by atoms with Crippen molar-refractivity contribution in [1.82, 2.24) is 0 Å². The van der Waals surface area contributed by atoms with Crippen LogP contribution in [0.15, 0.2) is 12.2 Å². The van der Waals surface area contributed by atoms with Crippen LogP contribution in [0.2, 0.25) is 0 Å². The van der Waals surface area contributed by atoms with E-state index in [1.807, 2.05) is 13.8 Å². The molecule has 0 radical (unpaired) electrons. The molecule has 15 rings (SSSR count). The zero-order chi connectivity index (χ0) is 74.7. The average molecular weight is 1420 g/mol. The van der Waals surface area contributed by atoms with Crippen molar-refractivity contribution in [2.24, 2.45) is 182 Å². The highest BCUT2D eigenvalue weighted by atomic mass is 16.4. The van der Waals surface area contributed by atoms with Gasteiger partial charge in [0, 0.05) is 18.3 Å². The van der Waals surface area contributed by atoms with Crippen LogP contribution in [0.4, 0.5) is 0 Å². The van der Waals surface area contributed by atoms with Crippen LogP contribution in [0.1, 0.15) is 310 Å². The highest BCUT2D eigenvalue weighted by molar-refractivity contribution is 5.87. The third-order valence-electron chi connectivity index (χ3n) is 40.9. The Balaban J connectivity index is 0.000000137. The molecule has 31 unspecified atom stereocenters. The zero-order valence-electron chi connectivity index (χ0n) is 67.1. The smallest absolute Gasteiger partial charge is 0.309 e. The predicted molar refractivity (Wildman–Crippen MR) is 400 cm³/mol. The number of allylic oxidation sites excluding steroid dienone is 1. The fourth-order valence-electron chi connectivity index (χ4n) is 34.7. The lowest BCUT2D eigenvalue weighted by Crippen LogP contribution is -2.67. The lowest BCUT2D eigenvalue weighted by Gasteiger charge is -2.72. The van der Waals surface area contributed by atoms with E-state index in [0.717, 1.165) is 173 Å². The number of rotatable bonds is 9. The molecule has 0 aromatic rings. The molecule has 15 fully saturated rings. The molecule has 12 heteroatoms. The normalized spacial score (nSPS) is 55.3. The third-order valence-corrected chi connectivity index (χ3v) is 40.9. The average Bonchev–Trinajstić information content (AvgIpc) is 1.19. The van der Waals surface area contributed by atoms with Crippen molar-refractivity contribution in [3.63, 3.8) is 0 Å². The van der Waals surface area contributed by atoms with Crippen LogP contribution < -0.4 is 0 Å². The Kier molecular flexibility index (Phi) is 19.1. The van der Waals surface area contributed by atoms with Gasteiger partial charge < -0.3 is 35.7 Å². The molecular formula is C90H144O12. The summed E-state index contributed by atoms with van der Waals surface area (Å²) in [5.74, 6) is 5.95. The van der Waals surface area contributed by atoms with Gasteiger partial charge in [0.1, 0.15) is 11.6 Å². The first-order valence-corrected chi connectivity index (χ1v) is 42.4. The zero-order valence-corrected chi connectivity index (χ0v) is 67.1. The summed E-state index contributed by atoms with van der Waals surface area (Å²) in [6.45, 7) is 44.5. The number of carboxylic acid groups (broad SMARTS) is 3. The largest absolute Gasteiger partial charge is 0.481 e. The molecule has 0 aliphatic heterocycles. The van der Waals surface area contributed by atoms with Crippen LogP contribution in [0, 0.1) is 182 Å². The van der Waals surface area contributed by atoms with Crippen molar-refractivity contribution in [1.29, 1.82) is 0 Å². The highest BCUT2D eigenvalue weighted by Gasteiger charge is 2.77. The SMILES string of the molecule is C=C(C)C1CCC2(C(=O)O)CCC3(C)C(CCC4C5(C)CCC(=O)C(C)(CO)C5CCC43C)C12.CC(C)C1CCC2(C(=O)O)CCC3(C)C(CCC4C5(C)CCC(=O)C(C)(CO)C5CCC43C)C12.CC(C)C1CCC2(C(=O)O)CCC3(C)C(CCC4C5(C)CCC(O)C(C)(CO)C5CCC43C)C12. The molecule has 0 bridgehead atoms. The van der Waals surface area contributed by atoms with Crippen LogP contribution in [0.3, 0.4) is 0 Å². The first-order chi connectivity index (χ1) is 47.4. The minimum Gasteiger partial charge on any atom is -0.481 e. The summed E-state index contributed by atoms with van der Waals surface area (Å²) in [6.07, 6.45) is 28.9. The van der Waals surface area contributed by atoms with Gasteiger partial charge in [0.25, 0.3) is 0 Å². The molecule has 576 valence electrons. The lowest BCUT2D eigenvalue weighted by atomic mass is 9.32. The van der Waals surface area contributed by atoms with Gasteiger partial charge in [-0.1, -0.05) is 123 Å². The van der Waals surface area contributed by atoms with Crippen molar-refractivity contribution < 1.29 is 59.7 Å². The molecule has 15 aliphatic rings. The van der Waals surface area contributed by atoms with Crippen molar-refractivity contribution in [2.45, 2.75) is 316 Å². The molecule has 15 saturated carbocycles. The van der Waals surface area contributed by atoms with E-state index in [1.54, 1.807) is 0 Å². The van der Waals surface area contributed by atoms with Gasteiger partial charge in [-0.15, -0.1) is 0 Å². The van der Waals surface area contributed by atoms with Gasteiger partial charge in [-0.05, 0) is 336 Å². The van der Waals surface area contributed by atoms with E-state index >= 15 is 0 Å². The molecule has 7 N–H and O–H groups in total. The van der Waals surface area contributed by atoms with E-state index in [4.69, 9.17) is 0 Å². The summed E-state index contributed by atoms with van der Waals surface area (Å²) >= 11 is 0. The molecule has 15 aliphatic carbocycles. The van der Waals surface area contributed by atoms with E-state index in [0.29, 0.717) is 95.7 Å². The van der Waals surface area contributed by atoms with E-state index in [9.17, 15) is 59.7 Å². The van der Waals surface area contributed by atoms with Gasteiger partial charge >= 0.3 is 17.9 Å². The molecule has 0 aromatic carbocycles. The molecule has 102 heavy (non-hydrogen) atoms. The second-order valence-corrected chi connectivity index (χ2v) is 43.6. The van der Waals surface area contributed by atoms with Gasteiger partial charge in [0.05, 0.1) is 53.0 Å². The Morgan fingerprint density at radius 1 is 0.382 bits per heavy atom. The van der Waals surface area contributed by atoms with Crippen LogP contribution in [0.5, 0.6) is 0 Å². The van der Waals surface area contributed by atoms with Crippen LogP contribution in [-0.2, 0) is 24.0 Å². The fraction of sp³-hybridized carbons (Fsp3) is 0.922. The Morgan fingerprint density at radius 3 is 1.05 bits per heavy atom. The first-order valence-electron chi connectivity index (χ1n) is 42.4. The molecule has 12 nitrogen and oxygen atoms in total. The maximum Gasteiger partial charge on any atom is 0.309 e. The van der Waals surface area contributed by atoms with E-state index in [-0.39, 0.29) is 97.9 Å². The number of aliphatic hydroxyl groups is 4. The number of carbonyl (C=O) groups is 5. The Labute approximate surface area is 616 Å². The molecule has 0 amide bonds. The fourth-order valence-corrected chi connectivity index (χ4v) is 34.7. The van der Waals surface area contributed by atoms with Crippen molar-refractivity contribution in [3.8, 4) is 0 Å². The number of aliphatic hydroxyl groups excluding tert-OH is 4. The highest BCUT2D eigenvalue weighted by Crippen LogP contribution is 2.82. The number of aliphatic carboxylic acids is 3. The van der Waals surface area contributed by atoms with Crippen LogP contribution in [-0.4, -0.2) is 91.1 Å². The molecular weight excluding hydrogens is 1270 g/mol. The standard InChI is InChI=1S/C30H50O4.C30H48O4.C30H46O4/c3*1-18(2)19-9-14-30(25(33)34)16-15-28(5)20(24(19)30)7-8-22-26(3)12-11-23(32)27(4,17-31)21(26)10-13-29(22,28)6/h18-24,31-32H,7-17H2,1-6H3,(H,33,34);18-22,24,31H,7-17H2,1-6H3,(H,33,34);19-22,24,31H,1,7-17H2,2-6H3,(H,33,34). The number of fused-ring (bicyclic) bond motifs is 21. The van der Waals surface area contributed by atoms with E-state index in [2.05, 4.69) is 110 Å². The van der Waals surface area contributed by atoms with Crippen molar-refractivity contribution in [2.75, 3.05) is 19.8 Å². The minimum atomic E-state index is -0.617. The Morgan fingerprint density at radius 2 is 0.716 bits per heavy atom. The summed E-state index contributed by atoms with van der Waals surface area (Å²) < 4.78 is 0.